The summed E-state index contributed by atoms with van der Waals surface area (Å²) in [6.45, 7) is 3.71. The van der Waals surface area contributed by atoms with Crippen molar-refractivity contribution in [1.29, 1.82) is 0 Å². The summed E-state index contributed by atoms with van der Waals surface area (Å²) >= 11 is 1.33. The van der Waals surface area contributed by atoms with Gasteiger partial charge in [0.2, 0.25) is 0 Å². The zero-order valence-corrected chi connectivity index (χ0v) is 14.1. The van der Waals surface area contributed by atoms with Crippen LogP contribution in [0.25, 0.3) is 0 Å². The minimum atomic E-state index is -0.413. The highest BCUT2D eigenvalue weighted by molar-refractivity contribution is 7.06. The molecule has 0 aliphatic heterocycles. The lowest BCUT2D eigenvalue weighted by molar-refractivity contribution is 0.0993. The lowest BCUT2D eigenvalue weighted by Crippen LogP contribution is -2.14. The van der Waals surface area contributed by atoms with Crippen molar-refractivity contribution in [3.05, 3.63) is 46.5 Å². The molecular weight excluding hydrogens is 330 g/mol. The van der Waals surface area contributed by atoms with E-state index in [1.807, 2.05) is 13.8 Å². The van der Waals surface area contributed by atoms with Gasteiger partial charge >= 0.3 is 0 Å². The number of carbonyl (C=O) groups is 2. The van der Waals surface area contributed by atoms with E-state index < -0.39 is 5.91 Å². The number of hydrogen-bond donors (Lipinski definition) is 2. The van der Waals surface area contributed by atoms with Crippen molar-refractivity contribution in [3.8, 4) is 0 Å². The van der Waals surface area contributed by atoms with Gasteiger partial charge in [0.1, 0.15) is 5.82 Å². The molecule has 8 nitrogen and oxygen atoms in total. The van der Waals surface area contributed by atoms with Crippen LogP contribution in [0.1, 0.15) is 31.6 Å². The van der Waals surface area contributed by atoms with Crippen molar-refractivity contribution in [3.63, 3.8) is 0 Å². The number of carbonyl (C=O) groups excluding carboxylic acids is 2. The minimum absolute atomic E-state index is 0.179. The third kappa shape index (κ3) is 3.06. The van der Waals surface area contributed by atoms with Gasteiger partial charge in [-0.15, -0.1) is 0 Å². The van der Waals surface area contributed by atoms with Gasteiger partial charge in [-0.3, -0.25) is 14.3 Å². The molecule has 9 heteroatoms. The Hall–Kier alpha value is -2.94. The van der Waals surface area contributed by atoms with Crippen LogP contribution in [0.5, 0.6) is 0 Å². The number of aromatic nitrogens is 3. The molecular formula is C15H15N5O3S. The Balaban J connectivity index is 1.76. The fraction of sp³-hybridized carbons (Fsp3) is 0.200. The van der Waals surface area contributed by atoms with E-state index in [0.29, 0.717) is 11.5 Å². The second-order valence-electron chi connectivity index (χ2n) is 5.12. The number of anilines is 2. The average molecular weight is 345 g/mol. The normalized spacial score (nSPS) is 10.6. The van der Waals surface area contributed by atoms with Crippen LogP contribution in [-0.4, -0.2) is 26.0 Å². The van der Waals surface area contributed by atoms with Crippen LogP contribution < -0.4 is 10.6 Å². The molecule has 3 heterocycles. The van der Waals surface area contributed by atoms with Gasteiger partial charge in [-0.1, -0.05) is 0 Å². The topological polar surface area (TPSA) is 102 Å². The molecule has 3 aromatic heterocycles. The maximum absolute atomic E-state index is 12.4. The molecule has 124 valence electrons. The average Bonchev–Trinajstić information content (AvgIpc) is 3.26. The number of aryl methyl sites for hydroxylation is 3. The number of hydrogen-bond acceptors (Lipinski definition) is 6. The molecule has 0 aliphatic carbocycles. The van der Waals surface area contributed by atoms with Crippen molar-refractivity contribution in [1.82, 2.24) is 14.2 Å². The lowest BCUT2D eigenvalue weighted by atomic mass is 10.3. The third-order valence-corrected chi connectivity index (χ3v) is 4.21. The zero-order valence-electron chi connectivity index (χ0n) is 13.3. The maximum atomic E-state index is 12.4. The molecule has 0 saturated carbocycles. The molecule has 0 saturated heterocycles. The highest BCUT2D eigenvalue weighted by atomic mass is 32.1. The quantitative estimate of drug-likeness (QED) is 0.757. The molecule has 3 aromatic rings. The smallest absolute Gasteiger partial charge is 0.292 e. The maximum Gasteiger partial charge on any atom is 0.292 e. The zero-order chi connectivity index (χ0) is 17.3. The van der Waals surface area contributed by atoms with Crippen molar-refractivity contribution >= 4 is 34.9 Å². The van der Waals surface area contributed by atoms with Gasteiger partial charge in [0.25, 0.3) is 11.8 Å². The van der Waals surface area contributed by atoms with E-state index in [4.69, 9.17) is 4.42 Å². The first-order chi connectivity index (χ1) is 11.5. The van der Waals surface area contributed by atoms with E-state index in [2.05, 4.69) is 20.1 Å². The molecule has 2 amide bonds. The third-order valence-electron chi connectivity index (χ3n) is 3.37. The van der Waals surface area contributed by atoms with Crippen LogP contribution >= 0.6 is 11.5 Å². The number of rotatable bonds is 4. The lowest BCUT2D eigenvalue weighted by Gasteiger charge is -2.02. The second kappa shape index (κ2) is 6.28. The van der Waals surface area contributed by atoms with Gasteiger partial charge in [0.05, 0.1) is 17.6 Å². The fourth-order valence-corrected chi connectivity index (χ4v) is 2.78. The first-order valence-electron chi connectivity index (χ1n) is 7.09. The highest BCUT2D eigenvalue weighted by Gasteiger charge is 2.18. The standard InChI is InChI=1S/C15H15N5O3S/c1-8-13(9(2)24-19-8)17-14(21)10-7-12(20(3)18-10)16-15(22)11-5-4-6-23-11/h4-7H,1-3H3,(H,16,22)(H,17,21). The van der Waals surface area contributed by atoms with Gasteiger partial charge in [-0.2, -0.15) is 9.47 Å². The van der Waals surface area contributed by atoms with E-state index in [0.717, 1.165) is 10.6 Å². The molecule has 0 aliphatic rings. The number of nitrogens with zero attached hydrogens (tertiary/aromatic N) is 3. The molecule has 0 fully saturated rings. The Kier molecular flexibility index (Phi) is 4.17. The Morgan fingerprint density at radius 2 is 2.04 bits per heavy atom. The summed E-state index contributed by atoms with van der Waals surface area (Å²) in [6.07, 6.45) is 1.41. The van der Waals surface area contributed by atoms with E-state index in [1.165, 1.54) is 28.5 Å². The second-order valence-corrected chi connectivity index (χ2v) is 6.10. The van der Waals surface area contributed by atoms with Crippen LogP contribution in [0.4, 0.5) is 11.5 Å². The first kappa shape index (κ1) is 15.9. The Morgan fingerprint density at radius 1 is 1.25 bits per heavy atom. The summed E-state index contributed by atoms with van der Waals surface area (Å²) in [7, 11) is 1.64. The van der Waals surface area contributed by atoms with E-state index in [1.54, 1.807) is 19.2 Å². The molecule has 0 aromatic carbocycles. The van der Waals surface area contributed by atoms with Crippen molar-refractivity contribution < 1.29 is 14.0 Å². The molecule has 2 N–H and O–H groups in total. The Bertz CT molecular complexity index is 875. The van der Waals surface area contributed by atoms with Crippen LogP contribution in [0.3, 0.4) is 0 Å². The van der Waals surface area contributed by atoms with Crippen LogP contribution in [0.15, 0.2) is 28.9 Å². The number of amides is 2. The Morgan fingerprint density at radius 3 is 2.67 bits per heavy atom. The van der Waals surface area contributed by atoms with E-state index >= 15 is 0 Å². The van der Waals surface area contributed by atoms with Crippen LogP contribution in [-0.2, 0) is 7.05 Å². The highest BCUT2D eigenvalue weighted by Crippen LogP contribution is 2.23. The van der Waals surface area contributed by atoms with Gasteiger partial charge in [-0.25, -0.2) is 0 Å². The summed E-state index contributed by atoms with van der Waals surface area (Å²) in [5.74, 6) is -0.213. The van der Waals surface area contributed by atoms with Crippen LogP contribution in [0.2, 0.25) is 0 Å². The van der Waals surface area contributed by atoms with E-state index in [9.17, 15) is 9.59 Å². The van der Waals surface area contributed by atoms with Gasteiger partial charge in [0.15, 0.2) is 11.5 Å². The predicted octanol–water partition coefficient (Wildman–Crippen LogP) is 2.59. The summed E-state index contributed by atoms with van der Waals surface area (Å²) in [4.78, 5) is 25.3. The van der Waals surface area contributed by atoms with Crippen molar-refractivity contribution in [2.45, 2.75) is 13.8 Å². The van der Waals surface area contributed by atoms with Crippen molar-refractivity contribution in [2.75, 3.05) is 10.6 Å². The molecule has 0 atom stereocenters. The predicted molar refractivity (Wildman–Crippen MR) is 89.4 cm³/mol. The SMILES string of the molecule is Cc1nsc(C)c1NC(=O)c1cc(NC(=O)c2ccco2)n(C)n1. The summed E-state index contributed by atoms with van der Waals surface area (Å²) in [5.41, 5.74) is 1.64. The van der Waals surface area contributed by atoms with E-state index in [-0.39, 0.29) is 17.4 Å². The first-order valence-corrected chi connectivity index (χ1v) is 7.86. The fourth-order valence-electron chi connectivity index (χ4n) is 2.12. The molecule has 3 rings (SSSR count). The molecule has 0 spiro atoms. The molecule has 24 heavy (non-hydrogen) atoms. The van der Waals surface area contributed by atoms with Crippen molar-refractivity contribution in [2.24, 2.45) is 7.05 Å². The number of furan rings is 1. The summed E-state index contributed by atoms with van der Waals surface area (Å²) < 4.78 is 10.6. The van der Waals surface area contributed by atoms with Gasteiger partial charge < -0.3 is 15.1 Å². The number of nitrogens with one attached hydrogen (secondary N) is 2. The summed E-state index contributed by atoms with van der Waals surface area (Å²) in [6, 6.07) is 4.67. The largest absolute Gasteiger partial charge is 0.459 e. The van der Waals surface area contributed by atoms with Crippen LogP contribution in [0, 0.1) is 13.8 Å². The monoisotopic (exact) mass is 345 g/mol. The minimum Gasteiger partial charge on any atom is -0.459 e. The summed E-state index contributed by atoms with van der Waals surface area (Å²) in [5, 5.41) is 9.57. The van der Waals surface area contributed by atoms with Gasteiger partial charge in [-0.05, 0) is 37.5 Å². The molecule has 0 bridgehead atoms. The molecule has 0 unspecified atom stereocenters. The molecule has 0 radical (unpaired) electrons. The Labute approximate surface area is 141 Å². The van der Waals surface area contributed by atoms with Gasteiger partial charge in [0, 0.05) is 18.0 Å².